The maximum absolute atomic E-state index is 6.09. The lowest BCUT2D eigenvalue weighted by atomic mass is 10.1. The van der Waals surface area contributed by atoms with E-state index in [0.717, 1.165) is 42.7 Å². The van der Waals surface area contributed by atoms with Crippen LogP contribution in [0.4, 0.5) is 0 Å². The normalized spacial score (nSPS) is 11.7. The van der Waals surface area contributed by atoms with Gasteiger partial charge in [0.1, 0.15) is 16.2 Å². The van der Waals surface area contributed by atoms with Gasteiger partial charge in [-0.3, -0.25) is 4.40 Å². The molecule has 0 saturated carbocycles. The number of rotatable bonds is 3. The van der Waals surface area contributed by atoms with Crippen molar-refractivity contribution in [1.29, 1.82) is 0 Å². The molecule has 31 heavy (non-hydrogen) atoms. The molecule has 0 fully saturated rings. The standard InChI is InChI=1S/C23H14ClN5S2/c1-13-10-19-27-28-23(29(19)18-5-3-2-4-16(13)18)31-22-20-17(11-30-21(20)25-12-26-22)14-6-8-15(24)9-7-14/h2-12H,1H3. The Kier molecular flexibility index (Phi) is 4.41. The van der Waals surface area contributed by atoms with Gasteiger partial charge in [-0.25, -0.2) is 9.97 Å². The minimum Gasteiger partial charge on any atom is -0.270 e. The molecule has 6 rings (SSSR count). The van der Waals surface area contributed by atoms with Crippen LogP contribution in [0, 0.1) is 6.92 Å². The molecule has 150 valence electrons. The van der Waals surface area contributed by atoms with E-state index >= 15 is 0 Å². The Bertz CT molecular complexity index is 1590. The molecule has 0 aliphatic heterocycles. The van der Waals surface area contributed by atoms with Crippen LogP contribution in [0.25, 0.3) is 37.9 Å². The molecule has 0 amide bonds. The number of thiophene rings is 1. The molecular formula is C23H14ClN5S2. The molecule has 0 N–H and O–H groups in total. The number of halogens is 1. The minimum absolute atomic E-state index is 0.714. The van der Waals surface area contributed by atoms with Gasteiger partial charge in [-0.2, -0.15) is 0 Å². The molecule has 5 nitrogen and oxygen atoms in total. The first kappa shape index (κ1) is 18.7. The van der Waals surface area contributed by atoms with Crippen molar-refractivity contribution in [3.05, 3.63) is 76.9 Å². The lowest BCUT2D eigenvalue weighted by Crippen LogP contribution is -1.94. The van der Waals surface area contributed by atoms with Gasteiger partial charge in [0.25, 0.3) is 0 Å². The molecule has 0 aliphatic carbocycles. The highest BCUT2D eigenvalue weighted by Crippen LogP contribution is 2.40. The van der Waals surface area contributed by atoms with E-state index in [4.69, 9.17) is 11.6 Å². The summed E-state index contributed by atoms with van der Waals surface area (Å²) >= 11 is 9.20. The number of aromatic nitrogens is 5. The lowest BCUT2D eigenvalue weighted by molar-refractivity contribution is 0.935. The van der Waals surface area contributed by atoms with Crippen molar-refractivity contribution in [2.45, 2.75) is 17.1 Å². The van der Waals surface area contributed by atoms with Gasteiger partial charge >= 0.3 is 0 Å². The number of hydrogen-bond acceptors (Lipinski definition) is 6. The molecule has 0 saturated heterocycles. The Hall–Kier alpha value is -3.00. The summed E-state index contributed by atoms with van der Waals surface area (Å²) in [5.41, 5.74) is 5.26. The molecule has 0 unspecified atom stereocenters. The number of nitrogens with zero attached hydrogens (tertiary/aromatic N) is 5. The van der Waals surface area contributed by atoms with Crippen LogP contribution in [-0.2, 0) is 0 Å². The van der Waals surface area contributed by atoms with Crippen LogP contribution in [0.2, 0.25) is 5.02 Å². The summed E-state index contributed by atoms with van der Waals surface area (Å²) in [7, 11) is 0. The largest absolute Gasteiger partial charge is 0.270 e. The van der Waals surface area contributed by atoms with Crippen molar-refractivity contribution in [3.8, 4) is 11.1 Å². The van der Waals surface area contributed by atoms with E-state index in [1.165, 1.54) is 22.7 Å². The van der Waals surface area contributed by atoms with E-state index in [-0.39, 0.29) is 0 Å². The Balaban J connectivity index is 1.55. The Labute approximate surface area is 190 Å². The van der Waals surface area contributed by atoms with Crippen LogP contribution in [0.15, 0.2) is 76.5 Å². The first-order valence-electron chi connectivity index (χ1n) is 9.58. The van der Waals surface area contributed by atoms with Gasteiger partial charge in [-0.1, -0.05) is 41.9 Å². The Morgan fingerprint density at radius 2 is 1.84 bits per heavy atom. The van der Waals surface area contributed by atoms with Crippen molar-refractivity contribution in [2.75, 3.05) is 0 Å². The fraction of sp³-hybridized carbons (Fsp3) is 0.0435. The maximum Gasteiger partial charge on any atom is 0.202 e. The van der Waals surface area contributed by atoms with Gasteiger partial charge in [0, 0.05) is 21.4 Å². The summed E-state index contributed by atoms with van der Waals surface area (Å²) in [5.74, 6) is 0. The summed E-state index contributed by atoms with van der Waals surface area (Å²) in [6.45, 7) is 2.10. The van der Waals surface area contributed by atoms with Gasteiger partial charge in [0.2, 0.25) is 5.16 Å². The summed E-state index contributed by atoms with van der Waals surface area (Å²) < 4.78 is 2.09. The monoisotopic (exact) mass is 459 g/mol. The Morgan fingerprint density at radius 3 is 2.71 bits per heavy atom. The Morgan fingerprint density at radius 1 is 1.00 bits per heavy atom. The quantitative estimate of drug-likeness (QED) is 0.277. The number of aryl methyl sites for hydroxylation is 1. The van der Waals surface area contributed by atoms with Crippen molar-refractivity contribution in [1.82, 2.24) is 24.6 Å². The second kappa shape index (κ2) is 7.30. The topological polar surface area (TPSA) is 56.0 Å². The van der Waals surface area contributed by atoms with Gasteiger partial charge in [-0.15, -0.1) is 21.5 Å². The zero-order valence-corrected chi connectivity index (χ0v) is 18.7. The molecule has 2 aromatic carbocycles. The predicted octanol–water partition coefficient (Wildman–Crippen LogP) is 6.67. The molecule has 0 aliphatic rings. The molecule has 6 aromatic rings. The molecular weight excluding hydrogens is 446 g/mol. The molecule has 0 atom stereocenters. The average molecular weight is 460 g/mol. The van der Waals surface area contributed by atoms with Crippen molar-refractivity contribution in [3.63, 3.8) is 0 Å². The highest BCUT2D eigenvalue weighted by Gasteiger charge is 2.18. The van der Waals surface area contributed by atoms with Crippen LogP contribution in [0.1, 0.15) is 5.56 Å². The zero-order valence-electron chi connectivity index (χ0n) is 16.3. The van der Waals surface area contributed by atoms with Crippen LogP contribution in [0.3, 0.4) is 0 Å². The molecule has 0 spiro atoms. The molecule has 0 bridgehead atoms. The van der Waals surface area contributed by atoms with Crippen molar-refractivity contribution in [2.24, 2.45) is 0 Å². The summed E-state index contributed by atoms with van der Waals surface area (Å²) in [6, 6.07) is 18.2. The van der Waals surface area contributed by atoms with E-state index in [0.29, 0.717) is 5.02 Å². The minimum atomic E-state index is 0.714. The number of para-hydroxylation sites is 1. The zero-order chi connectivity index (χ0) is 20.9. The fourth-order valence-corrected chi connectivity index (χ4v) is 5.85. The summed E-state index contributed by atoms with van der Waals surface area (Å²) in [6.07, 6.45) is 1.61. The van der Waals surface area contributed by atoms with Gasteiger partial charge in [0.05, 0.1) is 10.9 Å². The number of hydrogen-bond donors (Lipinski definition) is 0. The van der Waals surface area contributed by atoms with Crippen LogP contribution >= 0.6 is 34.7 Å². The van der Waals surface area contributed by atoms with E-state index in [1.54, 1.807) is 17.7 Å². The second-order valence-corrected chi connectivity index (χ2v) is 9.39. The number of fused-ring (bicyclic) bond motifs is 4. The van der Waals surface area contributed by atoms with E-state index in [1.807, 2.05) is 30.3 Å². The smallest absolute Gasteiger partial charge is 0.202 e. The second-order valence-electron chi connectivity index (χ2n) is 7.14. The van der Waals surface area contributed by atoms with E-state index in [2.05, 4.69) is 61.1 Å². The maximum atomic E-state index is 6.09. The summed E-state index contributed by atoms with van der Waals surface area (Å²) in [4.78, 5) is 10.0. The van der Waals surface area contributed by atoms with Crippen LogP contribution < -0.4 is 0 Å². The first-order valence-corrected chi connectivity index (χ1v) is 11.7. The highest BCUT2D eigenvalue weighted by atomic mass is 35.5. The lowest BCUT2D eigenvalue weighted by Gasteiger charge is -2.08. The third kappa shape index (κ3) is 3.08. The third-order valence-corrected chi connectivity index (χ3v) is 7.34. The number of benzene rings is 2. The average Bonchev–Trinajstić information content (AvgIpc) is 3.40. The first-order chi connectivity index (χ1) is 15.2. The third-order valence-electron chi connectivity index (χ3n) is 5.25. The van der Waals surface area contributed by atoms with E-state index in [9.17, 15) is 0 Å². The van der Waals surface area contributed by atoms with E-state index < -0.39 is 0 Å². The molecule has 4 aromatic heterocycles. The van der Waals surface area contributed by atoms with Crippen LogP contribution in [-0.4, -0.2) is 24.6 Å². The molecule has 0 radical (unpaired) electrons. The molecule has 4 heterocycles. The van der Waals surface area contributed by atoms with Gasteiger partial charge in [-0.05, 0) is 54.1 Å². The SMILES string of the molecule is Cc1cc2nnc(Sc3ncnc4scc(-c5ccc(Cl)cc5)c34)n2c2ccccc12. The van der Waals surface area contributed by atoms with Crippen molar-refractivity contribution >= 4 is 61.5 Å². The summed E-state index contributed by atoms with van der Waals surface area (Å²) in [5, 5.41) is 15.6. The van der Waals surface area contributed by atoms with Crippen molar-refractivity contribution < 1.29 is 0 Å². The number of pyridine rings is 1. The van der Waals surface area contributed by atoms with Crippen LogP contribution in [0.5, 0.6) is 0 Å². The molecule has 8 heteroatoms. The predicted molar refractivity (Wildman–Crippen MR) is 127 cm³/mol. The van der Waals surface area contributed by atoms with Gasteiger partial charge < -0.3 is 0 Å². The fourth-order valence-electron chi connectivity index (χ4n) is 3.79. The highest BCUT2D eigenvalue weighted by molar-refractivity contribution is 7.99. The van der Waals surface area contributed by atoms with Gasteiger partial charge in [0.15, 0.2) is 5.65 Å².